The van der Waals surface area contributed by atoms with Crippen LogP contribution < -0.4 is 0 Å². The van der Waals surface area contributed by atoms with Crippen molar-refractivity contribution in [1.82, 2.24) is 14.7 Å². The van der Waals surface area contributed by atoms with E-state index in [0.717, 1.165) is 18.9 Å². The van der Waals surface area contributed by atoms with Gasteiger partial charge in [0.05, 0.1) is 12.7 Å². The highest BCUT2D eigenvalue weighted by Crippen LogP contribution is 2.28. The molecule has 1 aliphatic heterocycles. The van der Waals surface area contributed by atoms with Gasteiger partial charge in [0.2, 0.25) is 5.91 Å². The first-order chi connectivity index (χ1) is 10.3. The van der Waals surface area contributed by atoms with Crippen molar-refractivity contribution in [1.29, 1.82) is 0 Å². The molecule has 1 aromatic heterocycles. The molecule has 0 radical (unpaired) electrons. The smallest absolute Gasteiger partial charge is 0.244 e. The number of hydrogen-bond acceptors (Lipinski definition) is 3. The number of hydrogen-bond donors (Lipinski definition) is 0. The number of carbonyl (C=O) groups excluding carboxylic acids is 1. The number of nitrogens with zero attached hydrogens (tertiary/aromatic N) is 3. The first kappa shape index (κ1) is 14.6. The van der Waals surface area contributed by atoms with Gasteiger partial charge in [-0.05, 0) is 18.4 Å². The van der Waals surface area contributed by atoms with E-state index in [0.29, 0.717) is 19.7 Å². The third kappa shape index (κ3) is 4.06. The standard InChI is InChI=1S/C16H25N3O2/c20-16(13-19-8-4-7-17-19)18-9-10-21-15(12-18)11-14-5-2-1-3-6-14/h4,7-8,14-15H,1-3,5-6,9-13H2/t15-/m1/s1. The number of carbonyl (C=O) groups is 1. The van der Waals surface area contributed by atoms with E-state index in [2.05, 4.69) is 5.10 Å². The Morgan fingerprint density at radius 1 is 1.29 bits per heavy atom. The molecule has 2 aliphatic rings. The lowest BCUT2D eigenvalue weighted by Crippen LogP contribution is -2.47. The number of rotatable bonds is 4. The Hall–Kier alpha value is -1.36. The lowest BCUT2D eigenvalue weighted by atomic mass is 9.85. The Kier molecular flexibility index (Phi) is 4.91. The quantitative estimate of drug-likeness (QED) is 0.853. The summed E-state index contributed by atoms with van der Waals surface area (Å²) >= 11 is 0. The van der Waals surface area contributed by atoms with Crippen molar-refractivity contribution >= 4 is 5.91 Å². The summed E-state index contributed by atoms with van der Waals surface area (Å²) in [6.07, 6.45) is 11.7. The Morgan fingerprint density at radius 2 is 2.14 bits per heavy atom. The molecule has 1 atom stereocenters. The molecule has 0 bridgehead atoms. The number of amides is 1. The van der Waals surface area contributed by atoms with Crippen LogP contribution in [0.3, 0.4) is 0 Å². The summed E-state index contributed by atoms with van der Waals surface area (Å²) in [7, 11) is 0. The summed E-state index contributed by atoms with van der Waals surface area (Å²) in [5, 5.41) is 4.10. The molecule has 0 aromatic carbocycles. The van der Waals surface area contributed by atoms with Gasteiger partial charge in [0, 0.05) is 25.5 Å². The van der Waals surface area contributed by atoms with Crippen LogP contribution in [0.4, 0.5) is 0 Å². The average molecular weight is 291 g/mol. The van der Waals surface area contributed by atoms with E-state index in [-0.39, 0.29) is 12.0 Å². The molecule has 0 unspecified atom stereocenters. The number of aromatic nitrogens is 2. The lowest BCUT2D eigenvalue weighted by Gasteiger charge is -2.35. The van der Waals surface area contributed by atoms with Crippen LogP contribution in [0, 0.1) is 5.92 Å². The van der Waals surface area contributed by atoms with Gasteiger partial charge in [-0.2, -0.15) is 5.10 Å². The van der Waals surface area contributed by atoms with E-state index in [1.165, 1.54) is 32.1 Å². The van der Waals surface area contributed by atoms with Crippen molar-refractivity contribution in [3.8, 4) is 0 Å². The molecule has 0 spiro atoms. The lowest BCUT2D eigenvalue weighted by molar-refractivity contribution is -0.140. The van der Waals surface area contributed by atoms with E-state index in [4.69, 9.17) is 4.74 Å². The van der Waals surface area contributed by atoms with Crippen LogP contribution in [0.15, 0.2) is 18.5 Å². The molecule has 1 aliphatic carbocycles. The first-order valence-corrected chi connectivity index (χ1v) is 8.18. The van der Waals surface area contributed by atoms with E-state index < -0.39 is 0 Å². The minimum Gasteiger partial charge on any atom is -0.375 e. The minimum absolute atomic E-state index is 0.149. The normalized spacial score (nSPS) is 24.2. The predicted molar refractivity (Wildman–Crippen MR) is 79.7 cm³/mol. The number of ether oxygens (including phenoxy) is 1. The fraction of sp³-hybridized carbons (Fsp3) is 0.750. The Morgan fingerprint density at radius 3 is 2.90 bits per heavy atom. The Balaban J connectivity index is 1.49. The monoisotopic (exact) mass is 291 g/mol. The zero-order valence-electron chi connectivity index (χ0n) is 12.6. The van der Waals surface area contributed by atoms with E-state index >= 15 is 0 Å². The summed E-state index contributed by atoms with van der Waals surface area (Å²) in [6, 6.07) is 1.85. The van der Waals surface area contributed by atoms with Crippen molar-refractivity contribution in [3.63, 3.8) is 0 Å². The number of morpholine rings is 1. The highest BCUT2D eigenvalue weighted by atomic mass is 16.5. The molecule has 2 heterocycles. The summed E-state index contributed by atoms with van der Waals surface area (Å²) in [6.45, 7) is 2.46. The SMILES string of the molecule is O=C(Cn1cccn1)N1CCO[C@H](CC2CCCCC2)C1. The molecule has 1 amide bonds. The van der Waals surface area contributed by atoms with Crippen molar-refractivity contribution in [2.75, 3.05) is 19.7 Å². The minimum atomic E-state index is 0.149. The molecular weight excluding hydrogens is 266 g/mol. The fourth-order valence-corrected chi connectivity index (χ4v) is 3.52. The third-order valence-electron chi connectivity index (χ3n) is 4.67. The maximum atomic E-state index is 12.3. The van der Waals surface area contributed by atoms with Crippen LogP contribution in [-0.4, -0.2) is 46.4 Å². The second-order valence-electron chi connectivity index (χ2n) is 6.28. The van der Waals surface area contributed by atoms with E-state index in [9.17, 15) is 4.79 Å². The molecule has 3 rings (SSSR count). The molecule has 21 heavy (non-hydrogen) atoms. The molecule has 1 saturated carbocycles. The van der Waals surface area contributed by atoms with Crippen LogP contribution in [0.2, 0.25) is 0 Å². The van der Waals surface area contributed by atoms with Crippen LogP contribution >= 0.6 is 0 Å². The van der Waals surface area contributed by atoms with Gasteiger partial charge in [-0.3, -0.25) is 9.48 Å². The van der Waals surface area contributed by atoms with Crippen molar-refractivity contribution in [2.24, 2.45) is 5.92 Å². The summed E-state index contributed by atoms with van der Waals surface area (Å²) in [4.78, 5) is 14.3. The van der Waals surface area contributed by atoms with Gasteiger partial charge in [0.1, 0.15) is 6.54 Å². The van der Waals surface area contributed by atoms with Crippen LogP contribution in [0.1, 0.15) is 38.5 Å². The molecule has 2 fully saturated rings. The molecular formula is C16H25N3O2. The van der Waals surface area contributed by atoms with Gasteiger partial charge in [0.15, 0.2) is 0 Å². The second-order valence-corrected chi connectivity index (χ2v) is 6.28. The molecule has 0 N–H and O–H groups in total. The maximum Gasteiger partial charge on any atom is 0.244 e. The third-order valence-corrected chi connectivity index (χ3v) is 4.67. The largest absolute Gasteiger partial charge is 0.375 e. The summed E-state index contributed by atoms with van der Waals surface area (Å²) < 4.78 is 7.57. The fourth-order valence-electron chi connectivity index (χ4n) is 3.52. The summed E-state index contributed by atoms with van der Waals surface area (Å²) in [5.41, 5.74) is 0. The van der Waals surface area contributed by atoms with Crippen LogP contribution in [0.25, 0.3) is 0 Å². The summed E-state index contributed by atoms with van der Waals surface area (Å²) in [5.74, 6) is 0.945. The zero-order chi connectivity index (χ0) is 14.5. The molecule has 116 valence electrons. The van der Waals surface area contributed by atoms with Gasteiger partial charge >= 0.3 is 0 Å². The van der Waals surface area contributed by atoms with Crippen LogP contribution in [0.5, 0.6) is 0 Å². The second kappa shape index (κ2) is 7.07. The average Bonchev–Trinajstić information content (AvgIpc) is 3.01. The molecule has 5 heteroatoms. The Labute approximate surface area is 126 Å². The maximum absolute atomic E-state index is 12.3. The predicted octanol–water partition coefficient (Wildman–Crippen LogP) is 2.08. The highest BCUT2D eigenvalue weighted by Gasteiger charge is 2.27. The molecule has 1 saturated heterocycles. The topological polar surface area (TPSA) is 47.4 Å². The Bertz CT molecular complexity index is 440. The van der Waals surface area contributed by atoms with Crippen molar-refractivity contribution in [3.05, 3.63) is 18.5 Å². The van der Waals surface area contributed by atoms with Gasteiger partial charge < -0.3 is 9.64 Å². The molecule has 5 nitrogen and oxygen atoms in total. The van der Waals surface area contributed by atoms with Crippen molar-refractivity contribution in [2.45, 2.75) is 51.2 Å². The van der Waals surface area contributed by atoms with Crippen LogP contribution in [-0.2, 0) is 16.1 Å². The van der Waals surface area contributed by atoms with Crippen molar-refractivity contribution < 1.29 is 9.53 Å². The molecule has 1 aromatic rings. The first-order valence-electron chi connectivity index (χ1n) is 8.18. The van der Waals surface area contributed by atoms with E-state index in [1.54, 1.807) is 10.9 Å². The van der Waals surface area contributed by atoms with Gasteiger partial charge in [-0.15, -0.1) is 0 Å². The highest BCUT2D eigenvalue weighted by molar-refractivity contribution is 5.76. The van der Waals surface area contributed by atoms with Gasteiger partial charge in [-0.1, -0.05) is 32.1 Å². The van der Waals surface area contributed by atoms with Gasteiger partial charge in [-0.25, -0.2) is 0 Å². The van der Waals surface area contributed by atoms with E-state index in [1.807, 2.05) is 17.2 Å². The van der Waals surface area contributed by atoms with Gasteiger partial charge in [0.25, 0.3) is 0 Å². The zero-order valence-corrected chi connectivity index (χ0v) is 12.6.